The van der Waals surface area contributed by atoms with Gasteiger partial charge < -0.3 is 5.32 Å². The van der Waals surface area contributed by atoms with Crippen LogP contribution in [0.15, 0.2) is 48.9 Å². The van der Waals surface area contributed by atoms with Gasteiger partial charge in [0.25, 0.3) is 5.91 Å². The molecule has 3 rings (SSSR count). The van der Waals surface area contributed by atoms with E-state index in [9.17, 15) is 4.79 Å². The van der Waals surface area contributed by atoms with Crippen LogP contribution in [0.25, 0.3) is 5.69 Å². The van der Waals surface area contributed by atoms with Gasteiger partial charge in [0.05, 0.1) is 23.1 Å². The SMILES string of the molecule is Cc1c(C(=O)NCCCn2cccn2)cnn1-c1ccc(Cl)cc1. The summed E-state index contributed by atoms with van der Waals surface area (Å²) in [6.07, 6.45) is 6.06. The zero-order valence-electron chi connectivity index (χ0n) is 13.3. The number of nitrogens with zero attached hydrogens (tertiary/aromatic N) is 4. The Hall–Kier alpha value is -2.60. The van der Waals surface area contributed by atoms with Gasteiger partial charge in [-0.3, -0.25) is 9.48 Å². The van der Waals surface area contributed by atoms with Crippen molar-refractivity contribution in [2.24, 2.45) is 0 Å². The molecule has 0 aliphatic carbocycles. The molecule has 0 spiro atoms. The zero-order valence-corrected chi connectivity index (χ0v) is 14.1. The maximum Gasteiger partial charge on any atom is 0.254 e. The lowest BCUT2D eigenvalue weighted by Gasteiger charge is -2.07. The number of carbonyl (C=O) groups excluding carboxylic acids is 1. The van der Waals surface area contributed by atoms with Crippen LogP contribution < -0.4 is 5.32 Å². The summed E-state index contributed by atoms with van der Waals surface area (Å²) in [6.45, 7) is 3.24. The van der Waals surface area contributed by atoms with Crippen LogP contribution in [0.5, 0.6) is 0 Å². The second-order valence-corrected chi connectivity index (χ2v) is 5.85. The summed E-state index contributed by atoms with van der Waals surface area (Å²) in [4.78, 5) is 12.3. The predicted molar refractivity (Wildman–Crippen MR) is 92.5 cm³/mol. The van der Waals surface area contributed by atoms with Crippen molar-refractivity contribution in [1.82, 2.24) is 24.9 Å². The van der Waals surface area contributed by atoms with Crippen LogP contribution in [0.4, 0.5) is 0 Å². The third-order valence-electron chi connectivity index (χ3n) is 3.73. The van der Waals surface area contributed by atoms with Gasteiger partial charge in [-0.2, -0.15) is 10.2 Å². The smallest absolute Gasteiger partial charge is 0.254 e. The van der Waals surface area contributed by atoms with Gasteiger partial charge in [-0.05, 0) is 43.7 Å². The van der Waals surface area contributed by atoms with Crippen molar-refractivity contribution < 1.29 is 4.79 Å². The third kappa shape index (κ3) is 3.65. The Labute approximate surface area is 145 Å². The molecule has 7 heteroatoms. The van der Waals surface area contributed by atoms with Crippen molar-refractivity contribution in [3.05, 3.63) is 65.2 Å². The quantitative estimate of drug-likeness (QED) is 0.700. The Balaban J connectivity index is 1.60. The predicted octanol–water partition coefficient (Wildman–Crippen LogP) is 2.85. The summed E-state index contributed by atoms with van der Waals surface area (Å²) < 4.78 is 3.57. The van der Waals surface area contributed by atoms with Crippen molar-refractivity contribution in [2.45, 2.75) is 19.9 Å². The highest BCUT2D eigenvalue weighted by Crippen LogP contribution is 2.16. The van der Waals surface area contributed by atoms with Gasteiger partial charge >= 0.3 is 0 Å². The number of aryl methyl sites for hydroxylation is 1. The van der Waals surface area contributed by atoms with Gasteiger partial charge in [0.15, 0.2) is 0 Å². The second-order valence-electron chi connectivity index (χ2n) is 5.41. The fraction of sp³-hybridized carbons (Fsp3) is 0.235. The molecular formula is C17H18ClN5O. The number of halogens is 1. The Morgan fingerprint density at radius 3 is 2.75 bits per heavy atom. The Morgan fingerprint density at radius 2 is 2.04 bits per heavy atom. The molecule has 0 unspecified atom stereocenters. The average molecular weight is 344 g/mol. The van der Waals surface area contributed by atoms with Crippen molar-refractivity contribution in [2.75, 3.05) is 6.54 Å². The van der Waals surface area contributed by atoms with E-state index in [2.05, 4.69) is 15.5 Å². The third-order valence-corrected chi connectivity index (χ3v) is 3.99. The summed E-state index contributed by atoms with van der Waals surface area (Å²) in [5.74, 6) is -0.117. The topological polar surface area (TPSA) is 64.7 Å². The summed E-state index contributed by atoms with van der Waals surface area (Å²) in [5, 5.41) is 12.0. The molecule has 1 amide bonds. The summed E-state index contributed by atoms with van der Waals surface area (Å²) in [5.41, 5.74) is 2.24. The molecule has 1 aromatic carbocycles. The van der Waals surface area contributed by atoms with Gasteiger partial charge in [0, 0.05) is 30.5 Å². The van der Waals surface area contributed by atoms with Crippen LogP contribution in [0.1, 0.15) is 22.5 Å². The number of hydrogen-bond donors (Lipinski definition) is 1. The maximum atomic E-state index is 12.3. The number of rotatable bonds is 6. The molecule has 0 radical (unpaired) electrons. The number of nitrogens with one attached hydrogen (secondary N) is 1. The lowest BCUT2D eigenvalue weighted by molar-refractivity contribution is 0.0952. The molecular weight excluding hydrogens is 326 g/mol. The summed E-state index contributed by atoms with van der Waals surface area (Å²) in [6, 6.07) is 9.22. The molecule has 0 atom stereocenters. The van der Waals surface area contributed by atoms with Gasteiger partial charge in [-0.25, -0.2) is 4.68 Å². The van der Waals surface area contributed by atoms with E-state index < -0.39 is 0 Å². The van der Waals surface area contributed by atoms with Crippen LogP contribution in [-0.2, 0) is 6.54 Å². The fourth-order valence-corrected chi connectivity index (χ4v) is 2.57. The van der Waals surface area contributed by atoms with Crippen LogP contribution >= 0.6 is 11.6 Å². The summed E-state index contributed by atoms with van der Waals surface area (Å²) >= 11 is 5.90. The Kier molecular flexibility index (Phi) is 4.96. The van der Waals surface area contributed by atoms with Gasteiger partial charge in [-0.15, -0.1) is 0 Å². The molecule has 0 bridgehead atoms. The van der Waals surface area contributed by atoms with E-state index in [-0.39, 0.29) is 5.91 Å². The van der Waals surface area contributed by atoms with Crippen LogP contribution in [0.2, 0.25) is 5.02 Å². The van der Waals surface area contributed by atoms with Crippen molar-refractivity contribution in [3.8, 4) is 5.69 Å². The fourth-order valence-electron chi connectivity index (χ4n) is 2.45. The van der Waals surface area contributed by atoms with Crippen LogP contribution in [0.3, 0.4) is 0 Å². The molecule has 0 fully saturated rings. The average Bonchev–Trinajstić information content (AvgIpc) is 3.22. The number of carbonyl (C=O) groups is 1. The molecule has 0 aliphatic heterocycles. The lowest BCUT2D eigenvalue weighted by Crippen LogP contribution is -2.25. The molecule has 1 N–H and O–H groups in total. The van der Waals surface area contributed by atoms with Crippen molar-refractivity contribution in [3.63, 3.8) is 0 Å². The Morgan fingerprint density at radius 1 is 1.25 bits per heavy atom. The number of benzene rings is 1. The standard InChI is InChI=1S/C17H18ClN5O/c1-13-16(12-21-23(13)15-6-4-14(18)5-7-15)17(24)19-8-2-10-22-11-3-9-20-22/h3-7,9,11-12H,2,8,10H2,1H3,(H,19,24). The largest absolute Gasteiger partial charge is 0.352 e. The van der Waals surface area contributed by atoms with E-state index in [0.717, 1.165) is 24.3 Å². The highest BCUT2D eigenvalue weighted by Gasteiger charge is 2.14. The minimum Gasteiger partial charge on any atom is -0.352 e. The highest BCUT2D eigenvalue weighted by molar-refractivity contribution is 6.30. The highest BCUT2D eigenvalue weighted by atomic mass is 35.5. The molecule has 2 heterocycles. The van der Waals surface area contributed by atoms with Crippen LogP contribution in [0, 0.1) is 6.92 Å². The minimum absolute atomic E-state index is 0.117. The molecule has 24 heavy (non-hydrogen) atoms. The maximum absolute atomic E-state index is 12.3. The molecule has 6 nitrogen and oxygen atoms in total. The number of hydrogen-bond acceptors (Lipinski definition) is 3. The van der Waals surface area contributed by atoms with Gasteiger partial charge in [0.1, 0.15) is 0 Å². The van der Waals surface area contributed by atoms with Crippen LogP contribution in [-0.4, -0.2) is 32.0 Å². The zero-order chi connectivity index (χ0) is 16.9. The molecule has 0 saturated heterocycles. The summed E-state index contributed by atoms with van der Waals surface area (Å²) in [7, 11) is 0. The normalized spacial score (nSPS) is 10.8. The first-order valence-corrected chi connectivity index (χ1v) is 8.09. The molecule has 0 aliphatic rings. The van der Waals surface area contributed by atoms with E-state index in [1.165, 1.54) is 0 Å². The Bertz CT molecular complexity index is 808. The lowest BCUT2D eigenvalue weighted by atomic mass is 10.2. The van der Waals surface area contributed by atoms with E-state index in [1.54, 1.807) is 29.2 Å². The second kappa shape index (κ2) is 7.31. The first-order chi connectivity index (χ1) is 11.6. The molecule has 0 saturated carbocycles. The van der Waals surface area contributed by atoms with Crippen molar-refractivity contribution >= 4 is 17.5 Å². The number of aromatic nitrogens is 4. The van der Waals surface area contributed by atoms with Gasteiger partial charge in [-0.1, -0.05) is 11.6 Å². The van der Waals surface area contributed by atoms with E-state index in [0.29, 0.717) is 17.1 Å². The van der Waals surface area contributed by atoms with E-state index >= 15 is 0 Å². The molecule has 124 valence electrons. The first-order valence-electron chi connectivity index (χ1n) is 7.71. The van der Waals surface area contributed by atoms with E-state index in [4.69, 9.17) is 11.6 Å². The first kappa shape index (κ1) is 16.3. The van der Waals surface area contributed by atoms with Gasteiger partial charge in [0.2, 0.25) is 0 Å². The van der Waals surface area contributed by atoms with Crippen molar-refractivity contribution in [1.29, 1.82) is 0 Å². The monoisotopic (exact) mass is 343 g/mol. The molecule has 2 aromatic heterocycles. The number of amides is 1. The molecule has 3 aromatic rings. The van der Waals surface area contributed by atoms with E-state index in [1.807, 2.05) is 36.0 Å². The minimum atomic E-state index is -0.117.